The van der Waals surface area contributed by atoms with Crippen LogP contribution in [0.25, 0.3) is 0 Å². The molecule has 4 rings (SSSR count). The zero-order chi connectivity index (χ0) is 24.8. The summed E-state index contributed by atoms with van der Waals surface area (Å²) in [5.74, 6) is 0.772. The number of esters is 1. The Morgan fingerprint density at radius 1 is 1.09 bits per heavy atom. The lowest BCUT2D eigenvalue weighted by Gasteiger charge is -2.20. The number of imidazole rings is 1. The van der Waals surface area contributed by atoms with Crippen molar-refractivity contribution in [3.8, 4) is 5.75 Å². The predicted molar refractivity (Wildman–Crippen MR) is 134 cm³/mol. The van der Waals surface area contributed by atoms with Crippen LogP contribution in [0.1, 0.15) is 44.0 Å². The molecule has 1 amide bonds. The molecule has 0 fully saturated rings. The molecule has 180 valence electrons. The molecule has 2 aromatic heterocycles. The van der Waals surface area contributed by atoms with Gasteiger partial charge in [0.2, 0.25) is 0 Å². The summed E-state index contributed by atoms with van der Waals surface area (Å²) in [6, 6.07) is 16.6. The molecule has 0 saturated carbocycles. The lowest BCUT2D eigenvalue weighted by molar-refractivity contribution is 0.0531. The molecule has 0 saturated heterocycles. The highest BCUT2D eigenvalue weighted by Crippen LogP contribution is 2.30. The second-order valence-corrected chi connectivity index (χ2v) is 8.75. The van der Waals surface area contributed by atoms with Gasteiger partial charge in [-0.3, -0.25) is 9.69 Å². The molecule has 8 nitrogen and oxygen atoms in total. The highest BCUT2D eigenvalue weighted by atomic mass is 32.1. The molecule has 0 aliphatic carbocycles. The summed E-state index contributed by atoms with van der Waals surface area (Å²) in [7, 11) is 1.91. The smallest absolute Gasteiger partial charge is 0.350 e. The maximum Gasteiger partial charge on any atom is 0.350 e. The molecule has 2 heterocycles. The average molecular weight is 491 g/mol. The second kappa shape index (κ2) is 11.0. The van der Waals surface area contributed by atoms with Crippen LogP contribution in [0, 0.1) is 6.92 Å². The zero-order valence-corrected chi connectivity index (χ0v) is 20.6. The van der Waals surface area contributed by atoms with Gasteiger partial charge < -0.3 is 14.0 Å². The Morgan fingerprint density at radius 2 is 1.83 bits per heavy atom. The van der Waals surface area contributed by atoms with Gasteiger partial charge in [0.05, 0.1) is 18.8 Å². The van der Waals surface area contributed by atoms with E-state index in [9.17, 15) is 9.59 Å². The van der Waals surface area contributed by atoms with Crippen LogP contribution in [0.2, 0.25) is 0 Å². The average Bonchev–Trinajstić information content (AvgIpc) is 3.46. The van der Waals surface area contributed by atoms with Crippen molar-refractivity contribution in [2.45, 2.75) is 27.0 Å². The molecule has 0 N–H and O–H groups in total. The Hall–Kier alpha value is -3.98. The monoisotopic (exact) mass is 490 g/mol. The van der Waals surface area contributed by atoms with E-state index in [1.54, 1.807) is 49.2 Å². The number of amides is 1. The Kier molecular flexibility index (Phi) is 7.57. The van der Waals surface area contributed by atoms with Gasteiger partial charge in [-0.1, -0.05) is 41.7 Å². The minimum absolute atomic E-state index is 0.228. The molecule has 35 heavy (non-hydrogen) atoms. The first-order valence-corrected chi connectivity index (χ1v) is 12.0. The number of aryl methyl sites for hydroxylation is 2. The third-order valence-corrected chi connectivity index (χ3v) is 6.46. The van der Waals surface area contributed by atoms with Crippen molar-refractivity contribution in [2.24, 2.45) is 7.05 Å². The fourth-order valence-corrected chi connectivity index (χ4v) is 4.37. The summed E-state index contributed by atoms with van der Waals surface area (Å²) >= 11 is 1.15. The maximum atomic E-state index is 13.6. The lowest BCUT2D eigenvalue weighted by Crippen LogP contribution is -2.30. The second-order valence-electron chi connectivity index (χ2n) is 7.78. The number of hydrogen-bond donors (Lipinski definition) is 0. The minimum atomic E-state index is -0.435. The van der Waals surface area contributed by atoms with Crippen LogP contribution in [0.4, 0.5) is 5.13 Å². The van der Waals surface area contributed by atoms with Crippen molar-refractivity contribution in [3.05, 3.63) is 94.5 Å². The zero-order valence-electron chi connectivity index (χ0n) is 19.8. The van der Waals surface area contributed by atoms with E-state index in [0.29, 0.717) is 40.2 Å². The van der Waals surface area contributed by atoms with E-state index in [4.69, 9.17) is 9.47 Å². The van der Waals surface area contributed by atoms with Crippen LogP contribution >= 0.6 is 11.3 Å². The van der Waals surface area contributed by atoms with Gasteiger partial charge in [-0.15, -0.1) is 0 Å². The van der Waals surface area contributed by atoms with Crippen LogP contribution < -0.4 is 9.64 Å². The highest BCUT2D eigenvalue weighted by Gasteiger charge is 2.25. The first-order valence-electron chi connectivity index (χ1n) is 11.2. The van der Waals surface area contributed by atoms with E-state index in [2.05, 4.69) is 9.97 Å². The van der Waals surface area contributed by atoms with Crippen LogP contribution in [0.3, 0.4) is 0 Å². The Labute approximate surface area is 207 Å². The molecule has 9 heteroatoms. The largest absolute Gasteiger partial charge is 0.486 e. The van der Waals surface area contributed by atoms with Gasteiger partial charge in [0.15, 0.2) is 5.13 Å². The molecule has 0 unspecified atom stereocenters. The van der Waals surface area contributed by atoms with Gasteiger partial charge in [0.1, 0.15) is 23.1 Å². The molecule has 0 atom stereocenters. The highest BCUT2D eigenvalue weighted by molar-refractivity contribution is 7.17. The molecule has 0 spiro atoms. The Morgan fingerprint density at radius 3 is 2.49 bits per heavy atom. The summed E-state index contributed by atoms with van der Waals surface area (Å²) in [5, 5.41) is 0.439. The fourth-order valence-electron chi connectivity index (χ4n) is 3.41. The predicted octanol–water partition coefficient (Wildman–Crippen LogP) is 4.79. The Bertz CT molecular complexity index is 1300. The molecule has 0 aliphatic rings. The van der Waals surface area contributed by atoms with Crippen LogP contribution in [-0.4, -0.2) is 33.0 Å². The topological polar surface area (TPSA) is 86.5 Å². The minimum Gasteiger partial charge on any atom is -0.486 e. The molecule has 0 radical (unpaired) electrons. The van der Waals surface area contributed by atoms with Crippen LogP contribution in [0.15, 0.2) is 67.0 Å². The van der Waals surface area contributed by atoms with Crippen molar-refractivity contribution in [1.82, 2.24) is 14.5 Å². The molecule has 4 aromatic rings. The van der Waals surface area contributed by atoms with E-state index in [1.807, 2.05) is 48.1 Å². The summed E-state index contributed by atoms with van der Waals surface area (Å²) in [6.45, 7) is 4.40. The molecule has 2 aromatic carbocycles. The molecule has 0 aliphatic heterocycles. The number of anilines is 1. The number of carbonyl (C=O) groups excluding carboxylic acids is 2. The third kappa shape index (κ3) is 5.75. The number of ether oxygens (including phenoxy) is 2. The third-order valence-electron chi connectivity index (χ3n) is 5.30. The number of hydrogen-bond acceptors (Lipinski definition) is 7. The quantitative estimate of drug-likeness (QED) is 0.314. The van der Waals surface area contributed by atoms with E-state index < -0.39 is 5.97 Å². The summed E-state index contributed by atoms with van der Waals surface area (Å²) in [6.07, 6.45) is 3.57. The number of aromatic nitrogens is 3. The maximum absolute atomic E-state index is 13.6. The number of rotatable bonds is 9. The SMILES string of the molecule is CCOC(=O)c1sc(N(Cc2ccccc2)C(=O)c2ccc(OCc3nccn3C)cc2)nc1C. The normalized spacial score (nSPS) is 10.7. The first kappa shape index (κ1) is 24.2. The Balaban J connectivity index is 1.57. The fraction of sp³-hybridized carbons (Fsp3) is 0.231. The van der Waals surface area contributed by atoms with Gasteiger partial charge in [0.25, 0.3) is 5.91 Å². The van der Waals surface area contributed by atoms with Gasteiger partial charge in [-0.2, -0.15) is 0 Å². The standard InChI is InChI=1S/C26H26N4O4S/c1-4-33-25(32)23-18(2)28-26(35-23)30(16-19-8-6-5-7-9-19)24(31)20-10-12-21(13-11-20)34-17-22-27-14-15-29(22)3/h5-15H,4,16-17H2,1-3H3. The number of carbonyl (C=O) groups is 2. The van der Waals surface area contributed by atoms with Gasteiger partial charge in [-0.25, -0.2) is 14.8 Å². The van der Waals surface area contributed by atoms with Crippen molar-refractivity contribution in [1.29, 1.82) is 0 Å². The molecular formula is C26H26N4O4S. The van der Waals surface area contributed by atoms with Crippen LogP contribution in [-0.2, 0) is 24.9 Å². The van der Waals surface area contributed by atoms with Crippen molar-refractivity contribution < 1.29 is 19.1 Å². The van der Waals surface area contributed by atoms with Gasteiger partial charge in [0, 0.05) is 25.0 Å². The van der Waals surface area contributed by atoms with E-state index in [1.165, 1.54) is 0 Å². The summed E-state index contributed by atoms with van der Waals surface area (Å²) in [4.78, 5) is 36.7. The van der Waals surface area contributed by atoms with E-state index in [-0.39, 0.29) is 12.5 Å². The van der Waals surface area contributed by atoms with Crippen molar-refractivity contribution in [3.63, 3.8) is 0 Å². The van der Waals surface area contributed by atoms with Gasteiger partial charge in [-0.05, 0) is 43.7 Å². The number of thiazole rings is 1. The molecule has 0 bridgehead atoms. The van der Waals surface area contributed by atoms with E-state index in [0.717, 1.165) is 22.7 Å². The van der Waals surface area contributed by atoms with Crippen molar-refractivity contribution in [2.75, 3.05) is 11.5 Å². The lowest BCUT2D eigenvalue weighted by atomic mass is 10.1. The number of benzene rings is 2. The summed E-state index contributed by atoms with van der Waals surface area (Å²) < 4.78 is 12.8. The summed E-state index contributed by atoms with van der Waals surface area (Å²) in [5.41, 5.74) is 1.96. The number of nitrogens with zero attached hydrogens (tertiary/aromatic N) is 4. The van der Waals surface area contributed by atoms with Crippen molar-refractivity contribution >= 4 is 28.3 Å². The van der Waals surface area contributed by atoms with E-state index >= 15 is 0 Å². The first-order chi connectivity index (χ1) is 17.0. The molecular weight excluding hydrogens is 464 g/mol. The van der Waals surface area contributed by atoms with Gasteiger partial charge >= 0.3 is 5.97 Å². The van der Waals surface area contributed by atoms with Crippen LogP contribution in [0.5, 0.6) is 5.75 Å².